The Morgan fingerprint density at radius 2 is 1.61 bits per heavy atom. The first-order chi connectivity index (χ1) is 15.7. The SMILES string of the molecule is CCSc1ccccc1NC(=O)CN(c1ccc(C(C)C)cc1)S(=O)(=O)c1ccc(C)cc1. The molecule has 0 spiro atoms. The first kappa shape index (κ1) is 24.9. The highest BCUT2D eigenvalue weighted by Gasteiger charge is 2.27. The monoisotopic (exact) mass is 482 g/mol. The Balaban J connectivity index is 1.95. The van der Waals surface area contributed by atoms with Crippen LogP contribution in [-0.2, 0) is 14.8 Å². The van der Waals surface area contributed by atoms with E-state index in [9.17, 15) is 13.2 Å². The number of anilines is 2. The van der Waals surface area contributed by atoms with E-state index in [0.717, 1.165) is 21.8 Å². The number of thioether (sulfide) groups is 1. The highest BCUT2D eigenvalue weighted by molar-refractivity contribution is 7.99. The number of benzene rings is 3. The lowest BCUT2D eigenvalue weighted by Crippen LogP contribution is -2.38. The van der Waals surface area contributed by atoms with E-state index in [4.69, 9.17) is 0 Å². The minimum absolute atomic E-state index is 0.149. The Kier molecular flexibility index (Phi) is 8.21. The molecule has 0 saturated carbocycles. The molecule has 3 aromatic rings. The summed E-state index contributed by atoms with van der Waals surface area (Å²) in [5.41, 5.74) is 3.19. The normalized spacial score (nSPS) is 11.4. The van der Waals surface area contributed by atoms with Crippen molar-refractivity contribution < 1.29 is 13.2 Å². The van der Waals surface area contributed by atoms with Crippen LogP contribution >= 0.6 is 11.8 Å². The summed E-state index contributed by atoms with van der Waals surface area (Å²) in [4.78, 5) is 14.1. The minimum atomic E-state index is -3.94. The number of nitrogens with one attached hydrogen (secondary N) is 1. The molecule has 1 amide bonds. The first-order valence-electron chi connectivity index (χ1n) is 10.9. The lowest BCUT2D eigenvalue weighted by molar-refractivity contribution is -0.114. The molecule has 0 aliphatic rings. The number of carbonyl (C=O) groups excluding carboxylic acids is 1. The highest BCUT2D eigenvalue weighted by atomic mass is 32.2. The number of amides is 1. The molecule has 0 atom stereocenters. The van der Waals surface area contributed by atoms with Crippen LogP contribution in [0.25, 0.3) is 0 Å². The fraction of sp³-hybridized carbons (Fsp3) is 0.269. The summed E-state index contributed by atoms with van der Waals surface area (Å²) in [5, 5.41) is 2.89. The van der Waals surface area contributed by atoms with Crippen molar-refractivity contribution in [3.8, 4) is 0 Å². The minimum Gasteiger partial charge on any atom is -0.323 e. The zero-order valence-corrected chi connectivity index (χ0v) is 21.0. The molecule has 0 unspecified atom stereocenters. The fourth-order valence-electron chi connectivity index (χ4n) is 3.35. The predicted octanol–water partition coefficient (Wildman–Crippen LogP) is 6.06. The maximum Gasteiger partial charge on any atom is 0.264 e. The van der Waals surface area contributed by atoms with Crippen molar-refractivity contribution in [3.63, 3.8) is 0 Å². The van der Waals surface area contributed by atoms with Gasteiger partial charge in [0.15, 0.2) is 0 Å². The molecule has 1 N–H and O–H groups in total. The lowest BCUT2D eigenvalue weighted by atomic mass is 10.0. The van der Waals surface area contributed by atoms with E-state index in [1.165, 1.54) is 4.31 Å². The number of carbonyl (C=O) groups is 1. The maximum atomic E-state index is 13.6. The molecular formula is C26H30N2O3S2. The third-order valence-corrected chi connectivity index (χ3v) is 7.95. The van der Waals surface area contributed by atoms with Gasteiger partial charge in [0, 0.05) is 4.90 Å². The zero-order chi connectivity index (χ0) is 24.0. The summed E-state index contributed by atoms with van der Waals surface area (Å²) >= 11 is 1.62. The summed E-state index contributed by atoms with van der Waals surface area (Å²) in [6.45, 7) is 7.77. The topological polar surface area (TPSA) is 66.5 Å². The third kappa shape index (κ3) is 6.18. The smallest absolute Gasteiger partial charge is 0.264 e. The number of hydrogen-bond donors (Lipinski definition) is 1. The number of nitrogens with zero attached hydrogens (tertiary/aromatic N) is 1. The summed E-state index contributed by atoms with van der Waals surface area (Å²) in [6.07, 6.45) is 0. The lowest BCUT2D eigenvalue weighted by Gasteiger charge is -2.25. The van der Waals surface area contributed by atoms with Gasteiger partial charge in [0.05, 0.1) is 16.3 Å². The first-order valence-corrected chi connectivity index (χ1v) is 13.4. The average Bonchev–Trinajstić information content (AvgIpc) is 2.79. The van der Waals surface area contributed by atoms with Gasteiger partial charge in [0.2, 0.25) is 5.91 Å². The van der Waals surface area contributed by atoms with Crippen molar-refractivity contribution in [2.24, 2.45) is 0 Å². The van der Waals surface area contributed by atoms with E-state index in [1.807, 2.05) is 50.2 Å². The second-order valence-corrected chi connectivity index (χ2v) is 11.2. The van der Waals surface area contributed by atoms with Gasteiger partial charge in [-0.1, -0.05) is 62.7 Å². The molecular weight excluding hydrogens is 452 g/mol. The van der Waals surface area contributed by atoms with Crippen molar-refractivity contribution in [2.75, 3.05) is 21.9 Å². The van der Waals surface area contributed by atoms with Gasteiger partial charge in [-0.05, 0) is 60.6 Å². The van der Waals surface area contributed by atoms with Crippen LogP contribution in [0.3, 0.4) is 0 Å². The van der Waals surface area contributed by atoms with Crippen LogP contribution in [0.5, 0.6) is 0 Å². The Hall–Kier alpha value is -2.77. The molecule has 3 rings (SSSR count). The van der Waals surface area contributed by atoms with Crippen LogP contribution in [-0.4, -0.2) is 26.6 Å². The standard InChI is InChI=1S/C26H30N2O3S2/c1-5-32-25-9-7-6-8-24(25)27-26(29)18-28(22-14-12-21(13-15-22)19(2)3)33(30,31)23-16-10-20(4)11-17-23/h6-17,19H,5,18H2,1-4H3,(H,27,29). The Bertz CT molecular complexity index is 1190. The van der Waals surface area contributed by atoms with E-state index in [0.29, 0.717) is 17.3 Å². The molecule has 0 aliphatic heterocycles. The van der Waals surface area contributed by atoms with Gasteiger partial charge in [-0.3, -0.25) is 9.10 Å². The Labute approximate surface area is 201 Å². The van der Waals surface area contributed by atoms with Crippen molar-refractivity contribution in [1.29, 1.82) is 0 Å². The summed E-state index contributed by atoms with van der Waals surface area (Å²) in [6, 6.07) is 21.5. The van der Waals surface area contributed by atoms with Crippen LogP contribution in [0.1, 0.15) is 37.8 Å². The predicted molar refractivity (Wildman–Crippen MR) is 138 cm³/mol. The molecule has 0 heterocycles. The molecule has 0 bridgehead atoms. The average molecular weight is 483 g/mol. The number of aryl methyl sites for hydroxylation is 1. The van der Waals surface area contributed by atoms with Gasteiger partial charge in [0.25, 0.3) is 10.0 Å². The van der Waals surface area contributed by atoms with Crippen molar-refractivity contribution in [2.45, 2.75) is 43.4 Å². The van der Waals surface area contributed by atoms with Crippen molar-refractivity contribution in [1.82, 2.24) is 0 Å². The van der Waals surface area contributed by atoms with E-state index >= 15 is 0 Å². The Morgan fingerprint density at radius 3 is 2.21 bits per heavy atom. The van der Waals surface area contributed by atoms with Gasteiger partial charge in [-0.2, -0.15) is 0 Å². The van der Waals surface area contributed by atoms with Crippen LogP contribution in [0.15, 0.2) is 82.6 Å². The van der Waals surface area contributed by atoms with Gasteiger partial charge >= 0.3 is 0 Å². The number of rotatable bonds is 9. The molecule has 0 aromatic heterocycles. The third-order valence-electron chi connectivity index (χ3n) is 5.20. The fourth-order valence-corrected chi connectivity index (χ4v) is 5.53. The highest BCUT2D eigenvalue weighted by Crippen LogP contribution is 2.28. The summed E-state index contributed by atoms with van der Waals surface area (Å²) in [5.74, 6) is 0.781. The second-order valence-electron chi connectivity index (χ2n) is 8.05. The molecule has 33 heavy (non-hydrogen) atoms. The zero-order valence-electron chi connectivity index (χ0n) is 19.4. The van der Waals surface area contributed by atoms with Gasteiger partial charge in [0.1, 0.15) is 6.54 Å². The van der Waals surface area contributed by atoms with E-state index in [1.54, 1.807) is 48.2 Å². The van der Waals surface area contributed by atoms with Crippen molar-refractivity contribution in [3.05, 3.63) is 83.9 Å². The van der Waals surface area contributed by atoms with Crippen molar-refractivity contribution >= 4 is 39.1 Å². The molecule has 0 saturated heterocycles. The summed E-state index contributed by atoms with van der Waals surface area (Å²) in [7, 11) is -3.94. The van der Waals surface area contributed by atoms with Crippen LogP contribution < -0.4 is 9.62 Å². The molecule has 0 radical (unpaired) electrons. The number of hydrogen-bond acceptors (Lipinski definition) is 4. The maximum absolute atomic E-state index is 13.6. The van der Waals surface area contributed by atoms with Gasteiger partial charge < -0.3 is 5.32 Å². The van der Waals surface area contributed by atoms with E-state index in [-0.39, 0.29) is 11.4 Å². The second kappa shape index (κ2) is 10.9. The molecule has 0 fully saturated rings. The molecule has 0 aliphatic carbocycles. The van der Waals surface area contributed by atoms with Crippen LogP contribution in [0.2, 0.25) is 0 Å². The molecule has 3 aromatic carbocycles. The summed E-state index contributed by atoms with van der Waals surface area (Å²) < 4.78 is 28.3. The quantitative estimate of drug-likeness (QED) is 0.376. The van der Waals surface area contributed by atoms with Gasteiger partial charge in [-0.15, -0.1) is 11.8 Å². The molecule has 5 nitrogen and oxygen atoms in total. The molecule has 174 valence electrons. The van der Waals surface area contributed by atoms with Crippen LogP contribution in [0.4, 0.5) is 11.4 Å². The number of sulfonamides is 1. The van der Waals surface area contributed by atoms with Gasteiger partial charge in [-0.25, -0.2) is 8.42 Å². The van der Waals surface area contributed by atoms with Crippen LogP contribution in [0, 0.1) is 6.92 Å². The number of para-hydroxylation sites is 1. The largest absolute Gasteiger partial charge is 0.323 e. The van der Waals surface area contributed by atoms with E-state index < -0.39 is 15.9 Å². The van der Waals surface area contributed by atoms with E-state index in [2.05, 4.69) is 19.2 Å². The Morgan fingerprint density at radius 1 is 0.970 bits per heavy atom. The molecule has 7 heteroatoms.